The van der Waals surface area contributed by atoms with Crippen LogP contribution in [0.1, 0.15) is 13.3 Å². The molecule has 70 valence electrons. The van der Waals surface area contributed by atoms with Crippen LogP contribution in [-0.4, -0.2) is 31.1 Å². The zero-order valence-electron chi connectivity index (χ0n) is 6.52. The second-order valence-electron chi connectivity index (χ2n) is 2.02. The minimum atomic E-state index is -3.56. The van der Waals surface area contributed by atoms with Crippen molar-refractivity contribution in [3.05, 3.63) is 0 Å². The van der Waals surface area contributed by atoms with Gasteiger partial charge in [0.15, 0.2) is 0 Å². The number of rotatable bonds is 4. The highest BCUT2D eigenvalue weighted by Gasteiger charge is 2.07. The van der Waals surface area contributed by atoms with Crippen LogP contribution in [0.3, 0.4) is 0 Å². The van der Waals surface area contributed by atoms with Gasteiger partial charge in [0.05, 0.1) is 5.75 Å². The van der Waals surface area contributed by atoms with Crippen molar-refractivity contribution in [1.82, 2.24) is 0 Å². The summed E-state index contributed by atoms with van der Waals surface area (Å²) in [5.74, 6) is -1.79. The number of aliphatic carboxylic acids is 1. The lowest BCUT2D eigenvalue weighted by molar-refractivity contribution is -0.135. The van der Waals surface area contributed by atoms with Gasteiger partial charge < -0.3 is 10.8 Å². The van der Waals surface area contributed by atoms with Crippen LogP contribution < -0.4 is 5.73 Å². The molecular weight excluding hydrogens is 184 g/mol. The number of hydrogen-bond donors (Lipinski definition) is 2. The molecule has 0 atom stereocenters. The number of sulfonamides is 1. The maximum Gasteiger partial charge on any atom is 0.311 e. The Labute approximate surface area is 70.2 Å². The van der Waals surface area contributed by atoms with E-state index in [2.05, 4.69) is 4.40 Å². The van der Waals surface area contributed by atoms with Crippen molar-refractivity contribution in [1.29, 1.82) is 0 Å². The third kappa shape index (κ3) is 4.67. The van der Waals surface area contributed by atoms with E-state index < -0.39 is 28.2 Å². The van der Waals surface area contributed by atoms with Crippen LogP contribution in [0.15, 0.2) is 4.40 Å². The highest BCUT2D eigenvalue weighted by atomic mass is 32.2. The van der Waals surface area contributed by atoms with Crippen LogP contribution in [0.5, 0.6) is 0 Å². The van der Waals surface area contributed by atoms with Gasteiger partial charge in [-0.05, 0) is 6.92 Å². The predicted molar refractivity (Wildman–Crippen MR) is 43.3 cm³/mol. The highest BCUT2D eigenvalue weighted by Crippen LogP contribution is 1.92. The lowest BCUT2D eigenvalue weighted by Crippen LogP contribution is -2.19. The molecular formula is C5H10N2O4S. The van der Waals surface area contributed by atoms with Crippen LogP contribution in [-0.2, 0) is 14.8 Å². The molecule has 0 heterocycles. The van der Waals surface area contributed by atoms with E-state index >= 15 is 0 Å². The summed E-state index contributed by atoms with van der Waals surface area (Å²) >= 11 is 0. The fraction of sp³-hybridized carbons (Fsp3) is 0.600. The van der Waals surface area contributed by atoms with Gasteiger partial charge in [-0.3, -0.25) is 4.79 Å². The van der Waals surface area contributed by atoms with E-state index in [1.807, 2.05) is 0 Å². The second kappa shape index (κ2) is 4.05. The number of nitrogens with two attached hydrogens (primary N) is 1. The number of amidine groups is 1. The molecule has 0 spiro atoms. The van der Waals surface area contributed by atoms with E-state index in [0.717, 1.165) is 0 Å². The molecule has 0 fully saturated rings. The van der Waals surface area contributed by atoms with E-state index in [4.69, 9.17) is 10.8 Å². The summed E-state index contributed by atoms with van der Waals surface area (Å²) < 4.78 is 24.5. The molecule has 0 aliphatic carbocycles. The first kappa shape index (κ1) is 10.9. The normalized spacial score (nSPS) is 12.9. The van der Waals surface area contributed by atoms with Crippen molar-refractivity contribution in [2.45, 2.75) is 13.3 Å². The van der Waals surface area contributed by atoms with E-state index in [9.17, 15) is 13.2 Å². The molecule has 0 rings (SSSR count). The fourth-order valence-electron chi connectivity index (χ4n) is 0.430. The smallest absolute Gasteiger partial charge is 0.311 e. The van der Waals surface area contributed by atoms with Gasteiger partial charge in [-0.15, -0.1) is 0 Å². The van der Waals surface area contributed by atoms with Crippen molar-refractivity contribution in [2.24, 2.45) is 10.1 Å². The second-order valence-corrected chi connectivity index (χ2v) is 3.95. The van der Waals surface area contributed by atoms with Gasteiger partial charge >= 0.3 is 5.97 Å². The van der Waals surface area contributed by atoms with Crippen LogP contribution in [0, 0.1) is 0 Å². The summed E-state index contributed by atoms with van der Waals surface area (Å²) in [6.45, 7) is 1.40. The minimum absolute atomic E-state index is 0.187. The van der Waals surface area contributed by atoms with Gasteiger partial charge in [0.1, 0.15) is 12.3 Å². The molecule has 0 aromatic carbocycles. The van der Waals surface area contributed by atoms with Gasteiger partial charge in [-0.2, -0.15) is 4.40 Å². The third-order valence-electron chi connectivity index (χ3n) is 0.953. The molecule has 0 aromatic heterocycles. The monoisotopic (exact) mass is 194 g/mol. The Morgan fingerprint density at radius 2 is 2.08 bits per heavy atom. The number of nitrogens with zero attached hydrogens (tertiary/aromatic N) is 1. The largest absolute Gasteiger partial charge is 0.481 e. The fourth-order valence-corrected chi connectivity index (χ4v) is 0.981. The first-order chi connectivity index (χ1) is 5.37. The maximum absolute atomic E-state index is 10.7. The standard InChI is InChI=1S/C5H10N2O4S/c1-2-12(10,11)7-4(6)3-5(8)9/h2-3H2,1H3,(H2,6,7)(H,8,9). The molecule has 0 unspecified atom stereocenters. The third-order valence-corrected chi connectivity index (χ3v) is 2.20. The van der Waals surface area contributed by atoms with E-state index in [1.165, 1.54) is 6.92 Å². The van der Waals surface area contributed by atoms with Gasteiger partial charge in [0.2, 0.25) is 0 Å². The van der Waals surface area contributed by atoms with Crippen LogP contribution in [0.2, 0.25) is 0 Å². The molecule has 0 aromatic rings. The predicted octanol–water partition coefficient (Wildman–Crippen LogP) is -0.832. The molecule has 6 nitrogen and oxygen atoms in total. The average Bonchev–Trinajstić information content (AvgIpc) is 1.84. The summed E-state index contributed by atoms with van der Waals surface area (Å²) in [6, 6.07) is 0. The maximum atomic E-state index is 10.7. The molecule has 0 saturated heterocycles. The molecule has 0 amide bonds. The first-order valence-electron chi connectivity index (χ1n) is 3.16. The first-order valence-corrected chi connectivity index (χ1v) is 4.77. The molecule has 0 bridgehead atoms. The molecule has 0 saturated carbocycles. The van der Waals surface area contributed by atoms with Crippen LogP contribution in [0.25, 0.3) is 0 Å². The van der Waals surface area contributed by atoms with E-state index in [1.54, 1.807) is 0 Å². The molecule has 0 aliphatic rings. The van der Waals surface area contributed by atoms with Crippen molar-refractivity contribution in [3.8, 4) is 0 Å². The molecule has 0 radical (unpaired) electrons. The van der Waals surface area contributed by atoms with Gasteiger partial charge in [-0.25, -0.2) is 8.42 Å². The summed E-state index contributed by atoms with van der Waals surface area (Å²) in [6.07, 6.45) is -0.556. The molecule has 7 heteroatoms. The number of carboxylic acid groups (broad SMARTS) is 1. The van der Waals surface area contributed by atoms with Crippen LogP contribution >= 0.6 is 0 Å². The topological polar surface area (TPSA) is 110 Å². The lowest BCUT2D eigenvalue weighted by Gasteiger charge is -1.95. The summed E-state index contributed by atoms with van der Waals surface area (Å²) in [5, 5.41) is 8.20. The Balaban J connectivity index is 4.47. The van der Waals surface area contributed by atoms with Crippen molar-refractivity contribution >= 4 is 21.8 Å². The number of carboxylic acids is 1. The zero-order valence-corrected chi connectivity index (χ0v) is 7.34. The SMILES string of the molecule is CCS(=O)(=O)N=C(N)CC(=O)O. The summed E-state index contributed by atoms with van der Waals surface area (Å²) in [4.78, 5) is 10.0. The van der Waals surface area contributed by atoms with Crippen molar-refractivity contribution in [3.63, 3.8) is 0 Å². The molecule has 0 aliphatic heterocycles. The van der Waals surface area contributed by atoms with Crippen LogP contribution in [0.4, 0.5) is 0 Å². The highest BCUT2D eigenvalue weighted by molar-refractivity contribution is 7.90. The number of hydrogen-bond acceptors (Lipinski definition) is 3. The van der Waals surface area contributed by atoms with Crippen molar-refractivity contribution in [2.75, 3.05) is 5.75 Å². The molecule has 3 N–H and O–H groups in total. The molecule has 12 heavy (non-hydrogen) atoms. The van der Waals surface area contributed by atoms with E-state index in [-0.39, 0.29) is 5.75 Å². The minimum Gasteiger partial charge on any atom is -0.481 e. The quantitative estimate of drug-likeness (QED) is 0.448. The lowest BCUT2D eigenvalue weighted by atomic mass is 10.4. The van der Waals surface area contributed by atoms with E-state index in [0.29, 0.717) is 0 Å². The Morgan fingerprint density at radius 3 is 2.42 bits per heavy atom. The van der Waals surface area contributed by atoms with Gasteiger partial charge in [-0.1, -0.05) is 0 Å². The van der Waals surface area contributed by atoms with Gasteiger partial charge in [0, 0.05) is 0 Å². The zero-order chi connectivity index (χ0) is 9.78. The Hall–Kier alpha value is -1.11. The Morgan fingerprint density at radius 1 is 1.58 bits per heavy atom. The average molecular weight is 194 g/mol. The van der Waals surface area contributed by atoms with Crippen molar-refractivity contribution < 1.29 is 18.3 Å². The summed E-state index contributed by atoms with van der Waals surface area (Å²) in [5.41, 5.74) is 5.03. The van der Waals surface area contributed by atoms with Gasteiger partial charge in [0.25, 0.3) is 10.0 Å². The Kier molecular flexibility index (Phi) is 3.68. The Bertz CT molecular complexity index is 293. The number of carbonyl (C=O) groups is 1. The summed E-state index contributed by atoms with van der Waals surface area (Å²) in [7, 11) is -3.56.